The van der Waals surface area contributed by atoms with Gasteiger partial charge in [0.15, 0.2) is 6.61 Å². The number of aromatic nitrogens is 1. The molecule has 1 aromatic carbocycles. The number of hydrazone groups is 1. The number of pyridine rings is 1. The van der Waals surface area contributed by atoms with Gasteiger partial charge in [-0.05, 0) is 31.2 Å². The monoisotopic (exact) mass is 269 g/mol. The maximum absolute atomic E-state index is 11.6. The van der Waals surface area contributed by atoms with E-state index in [9.17, 15) is 4.79 Å². The van der Waals surface area contributed by atoms with Crippen molar-refractivity contribution < 1.29 is 9.53 Å². The summed E-state index contributed by atoms with van der Waals surface area (Å²) in [5, 5.41) is 3.98. The van der Waals surface area contributed by atoms with Crippen LogP contribution in [0.1, 0.15) is 12.6 Å². The second-order valence-electron chi connectivity index (χ2n) is 4.05. The number of nitrogens with one attached hydrogen (secondary N) is 1. The first kappa shape index (κ1) is 13.7. The van der Waals surface area contributed by atoms with Crippen molar-refractivity contribution in [2.75, 3.05) is 6.61 Å². The molecule has 0 radical (unpaired) electrons. The second-order valence-corrected chi connectivity index (χ2v) is 4.05. The smallest absolute Gasteiger partial charge is 0.277 e. The number of nitrogens with zero attached hydrogens (tertiary/aromatic N) is 2. The van der Waals surface area contributed by atoms with Gasteiger partial charge in [-0.1, -0.05) is 24.3 Å². The van der Waals surface area contributed by atoms with Crippen LogP contribution < -0.4 is 10.2 Å². The highest BCUT2D eigenvalue weighted by Crippen LogP contribution is 2.07. The van der Waals surface area contributed by atoms with Crippen LogP contribution in [0.25, 0.3) is 0 Å². The zero-order valence-corrected chi connectivity index (χ0v) is 11.1. The Balaban J connectivity index is 1.83. The van der Waals surface area contributed by atoms with Gasteiger partial charge in [0, 0.05) is 6.20 Å². The van der Waals surface area contributed by atoms with E-state index in [0.717, 1.165) is 5.69 Å². The fraction of sp³-hybridized carbons (Fsp3) is 0.133. The Labute approximate surface area is 117 Å². The van der Waals surface area contributed by atoms with Crippen molar-refractivity contribution in [2.45, 2.75) is 6.92 Å². The molecule has 1 amide bonds. The number of carbonyl (C=O) groups is 1. The van der Waals surface area contributed by atoms with Crippen LogP contribution in [-0.4, -0.2) is 23.2 Å². The van der Waals surface area contributed by atoms with Gasteiger partial charge in [0.05, 0.1) is 11.4 Å². The van der Waals surface area contributed by atoms with Gasteiger partial charge in [-0.3, -0.25) is 9.78 Å². The molecule has 0 aliphatic heterocycles. The topological polar surface area (TPSA) is 63.6 Å². The quantitative estimate of drug-likeness (QED) is 0.667. The Morgan fingerprint density at radius 2 is 1.95 bits per heavy atom. The first-order chi connectivity index (χ1) is 9.75. The fourth-order valence-corrected chi connectivity index (χ4v) is 1.48. The van der Waals surface area contributed by atoms with Gasteiger partial charge in [0.1, 0.15) is 5.75 Å². The largest absolute Gasteiger partial charge is 0.484 e. The van der Waals surface area contributed by atoms with Gasteiger partial charge in [-0.25, -0.2) is 5.43 Å². The van der Waals surface area contributed by atoms with E-state index in [1.165, 1.54) is 0 Å². The Hall–Kier alpha value is -2.69. The van der Waals surface area contributed by atoms with Crippen LogP contribution in [0.5, 0.6) is 5.75 Å². The molecule has 1 N–H and O–H groups in total. The summed E-state index contributed by atoms with van der Waals surface area (Å²) in [7, 11) is 0. The average Bonchev–Trinajstić information content (AvgIpc) is 2.52. The minimum atomic E-state index is -0.316. The number of para-hydroxylation sites is 1. The Bertz CT molecular complexity index is 583. The molecule has 2 aromatic rings. The molecule has 0 fully saturated rings. The van der Waals surface area contributed by atoms with Gasteiger partial charge < -0.3 is 4.74 Å². The second kappa shape index (κ2) is 7.04. The van der Waals surface area contributed by atoms with Gasteiger partial charge >= 0.3 is 0 Å². The average molecular weight is 269 g/mol. The van der Waals surface area contributed by atoms with Gasteiger partial charge in [0.25, 0.3) is 5.91 Å². The fourth-order valence-electron chi connectivity index (χ4n) is 1.48. The molecule has 1 aromatic heterocycles. The lowest BCUT2D eigenvalue weighted by Crippen LogP contribution is -2.25. The Morgan fingerprint density at radius 1 is 1.20 bits per heavy atom. The van der Waals surface area contributed by atoms with Gasteiger partial charge in [0.2, 0.25) is 0 Å². The lowest BCUT2D eigenvalue weighted by Gasteiger charge is -2.05. The highest BCUT2D eigenvalue weighted by atomic mass is 16.5. The normalized spacial score (nSPS) is 10.9. The number of hydrogen-bond donors (Lipinski definition) is 1. The van der Waals surface area contributed by atoms with Gasteiger partial charge in [-0.15, -0.1) is 0 Å². The van der Waals surface area contributed by atoms with E-state index < -0.39 is 0 Å². The summed E-state index contributed by atoms with van der Waals surface area (Å²) >= 11 is 0. The van der Waals surface area contributed by atoms with Crippen molar-refractivity contribution in [3.63, 3.8) is 0 Å². The standard InChI is InChI=1S/C15H15N3O2/c1-12(14-9-5-6-10-16-14)17-18-15(19)11-20-13-7-3-2-4-8-13/h2-10H,11H2,1H3,(H,18,19)/b17-12+. The van der Waals surface area contributed by atoms with Gasteiger partial charge in [-0.2, -0.15) is 5.10 Å². The van der Waals surface area contributed by atoms with Crippen molar-refractivity contribution in [1.29, 1.82) is 0 Å². The molecule has 0 aliphatic carbocycles. The zero-order valence-electron chi connectivity index (χ0n) is 11.1. The summed E-state index contributed by atoms with van der Waals surface area (Å²) in [5.74, 6) is 0.331. The molecule has 102 valence electrons. The third-order valence-corrected chi connectivity index (χ3v) is 2.50. The molecule has 0 unspecified atom stereocenters. The summed E-state index contributed by atoms with van der Waals surface area (Å²) in [5.41, 5.74) is 3.79. The molecule has 0 bridgehead atoms. The molecule has 5 nitrogen and oxygen atoms in total. The van der Waals surface area contributed by atoms with Crippen LogP contribution in [0, 0.1) is 0 Å². The molecule has 0 saturated heterocycles. The lowest BCUT2D eigenvalue weighted by molar-refractivity contribution is -0.123. The summed E-state index contributed by atoms with van der Waals surface area (Å²) in [6, 6.07) is 14.7. The maximum atomic E-state index is 11.6. The molecule has 0 saturated carbocycles. The van der Waals surface area contributed by atoms with Crippen molar-refractivity contribution in [1.82, 2.24) is 10.4 Å². The van der Waals surface area contributed by atoms with Crippen LogP contribution in [0.4, 0.5) is 0 Å². The van der Waals surface area contributed by atoms with E-state index in [1.54, 1.807) is 25.3 Å². The van der Waals surface area contributed by atoms with Crippen LogP contribution in [0.2, 0.25) is 0 Å². The summed E-state index contributed by atoms with van der Waals surface area (Å²) in [6.45, 7) is 1.70. The van der Waals surface area contributed by atoms with E-state index in [-0.39, 0.29) is 12.5 Å². The van der Waals surface area contributed by atoms with Crippen molar-refractivity contribution in [3.8, 4) is 5.75 Å². The number of rotatable bonds is 5. The predicted molar refractivity (Wildman–Crippen MR) is 76.5 cm³/mol. The molecule has 20 heavy (non-hydrogen) atoms. The maximum Gasteiger partial charge on any atom is 0.277 e. The van der Waals surface area contributed by atoms with Crippen LogP contribution in [0.3, 0.4) is 0 Å². The van der Waals surface area contributed by atoms with Crippen molar-refractivity contribution in [3.05, 3.63) is 60.4 Å². The highest BCUT2D eigenvalue weighted by molar-refractivity contribution is 5.97. The highest BCUT2D eigenvalue weighted by Gasteiger charge is 2.02. The molecule has 2 rings (SSSR count). The van der Waals surface area contributed by atoms with Crippen molar-refractivity contribution in [2.24, 2.45) is 5.10 Å². The molecular weight excluding hydrogens is 254 g/mol. The Morgan fingerprint density at radius 3 is 2.65 bits per heavy atom. The van der Waals surface area contributed by atoms with Crippen LogP contribution in [-0.2, 0) is 4.79 Å². The summed E-state index contributed by atoms with van der Waals surface area (Å²) < 4.78 is 5.31. The third-order valence-electron chi connectivity index (χ3n) is 2.50. The zero-order chi connectivity index (χ0) is 14.2. The minimum absolute atomic E-state index is 0.0803. The van der Waals surface area contributed by atoms with E-state index >= 15 is 0 Å². The van der Waals surface area contributed by atoms with E-state index in [4.69, 9.17) is 4.74 Å². The first-order valence-electron chi connectivity index (χ1n) is 6.18. The van der Waals surface area contributed by atoms with E-state index in [1.807, 2.05) is 36.4 Å². The molecule has 5 heteroatoms. The number of benzene rings is 1. The first-order valence-corrected chi connectivity index (χ1v) is 6.18. The predicted octanol–water partition coefficient (Wildman–Crippen LogP) is 2.00. The Kier molecular flexibility index (Phi) is 4.83. The van der Waals surface area contributed by atoms with Crippen LogP contribution in [0.15, 0.2) is 59.8 Å². The van der Waals surface area contributed by atoms with E-state index in [0.29, 0.717) is 11.5 Å². The molecule has 0 atom stereocenters. The minimum Gasteiger partial charge on any atom is -0.484 e. The lowest BCUT2D eigenvalue weighted by atomic mass is 10.3. The number of hydrogen-bond acceptors (Lipinski definition) is 4. The summed E-state index contributed by atoms with van der Waals surface area (Å²) in [6.07, 6.45) is 1.68. The van der Waals surface area contributed by atoms with E-state index in [2.05, 4.69) is 15.5 Å². The summed E-state index contributed by atoms with van der Waals surface area (Å²) in [4.78, 5) is 15.7. The number of ether oxygens (including phenoxy) is 1. The molecular formula is C15H15N3O2. The van der Waals surface area contributed by atoms with Crippen molar-refractivity contribution >= 4 is 11.6 Å². The number of amides is 1. The molecule has 0 aliphatic rings. The third kappa shape index (κ3) is 4.20. The SMILES string of the molecule is C/C(=N\NC(=O)COc1ccccc1)c1ccccn1. The number of carbonyl (C=O) groups excluding carboxylic acids is 1. The molecule has 0 spiro atoms. The van der Waals surface area contributed by atoms with Crippen LogP contribution >= 0.6 is 0 Å². The molecule has 1 heterocycles.